The van der Waals surface area contributed by atoms with Gasteiger partial charge in [0.1, 0.15) is 5.65 Å². The fraction of sp³-hybridized carbons (Fsp3) is 0.357. The largest absolute Gasteiger partial charge is 0.269 e. The lowest BCUT2D eigenvalue weighted by atomic mass is 10.1. The molecule has 7 nitrogen and oxygen atoms in total. The Morgan fingerprint density at radius 2 is 2.09 bits per heavy atom. The fourth-order valence-corrected chi connectivity index (χ4v) is 3.14. The number of aromatic nitrogens is 6. The Kier molecular flexibility index (Phi) is 4.11. The molecule has 3 heterocycles. The zero-order valence-electron chi connectivity index (χ0n) is 12.9. The van der Waals surface area contributed by atoms with Gasteiger partial charge >= 0.3 is 0 Å². The number of tetrazole rings is 1. The third-order valence-corrected chi connectivity index (χ3v) is 4.28. The Bertz CT molecular complexity index is 914. The molecule has 0 aliphatic carbocycles. The van der Waals surface area contributed by atoms with Crippen LogP contribution < -0.4 is 5.56 Å². The van der Waals surface area contributed by atoms with Gasteiger partial charge in [-0.05, 0) is 43.3 Å². The van der Waals surface area contributed by atoms with Gasteiger partial charge in [0.2, 0.25) is 5.16 Å². The molecule has 0 unspecified atom stereocenters. The van der Waals surface area contributed by atoms with Gasteiger partial charge in [-0.3, -0.25) is 9.20 Å². The summed E-state index contributed by atoms with van der Waals surface area (Å²) in [5.41, 5.74) is 0.862. The first-order valence-corrected chi connectivity index (χ1v) is 8.30. The lowest BCUT2D eigenvalue weighted by Gasteiger charge is -2.19. The summed E-state index contributed by atoms with van der Waals surface area (Å²) in [6.07, 6.45) is 1.56. The van der Waals surface area contributed by atoms with Gasteiger partial charge in [-0.2, -0.15) is 0 Å². The highest BCUT2D eigenvalue weighted by Gasteiger charge is 2.20. The van der Waals surface area contributed by atoms with Gasteiger partial charge in [0.25, 0.3) is 5.56 Å². The van der Waals surface area contributed by atoms with E-state index in [1.807, 2.05) is 20.8 Å². The standard InChI is InChI=1S/C14H15ClN6OS/c1-14(2,3)21-13(17-18-19-21)23-8-10-6-12(22)20-7-9(15)4-5-11(20)16-10/h4-7H,8H2,1-3H3. The van der Waals surface area contributed by atoms with Crippen LogP contribution >= 0.6 is 23.4 Å². The van der Waals surface area contributed by atoms with Crippen LogP contribution in [-0.2, 0) is 11.3 Å². The molecule has 0 aliphatic heterocycles. The first kappa shape index (κ1) is 15.9. The van der Waals surface area contributed by atoms with Crippen molar-refractivity contribution in [3.8, 4) is 0 Å². The molecule has 120 valence electrons. The van der Waals surface area contributed by atoms with Crippen molar-refractivity contribution in [1.82, 2.24) is 29.6 Å². The van der Waals surface area contributed by atoms with Crippen LogP contribution in [0.2, 0.25) is 5.02 Å². The number of thioether (sulfide) groups is 1. The van der Waals surface area contributed by atoms with Crippen molar-refractivity contribution in [3.63, 3.8) is 0 Å². The van der Waals surface area contributed by atoms with E-state index in [0.717, 1.165) is 0 Å². The molecule has 3 aromatic rings. The molecule has 0 spiro atoms. The van der Waals surface area contributed by atoms with Crippen LogP contribution in [-0.4, -0.2) is 29.6 Å². The smallest absolute Gasteiger partial charge is 0.258 e. The third-order valence-electron chi connectivity index (χ3n) is 3.10. The van der Waals surface area contributed by atoms with Crippen LogP contribution in [0.15, 0.2) is 34.3 Å². The molecule has 0 radical (unpaired) electrons. The van der Waals surface area contributed by atoms with Gasteiger partial charge < -0.3 is 0 Å². The lowest BCUT2D eigenvalue weighted by Crippen LogP contribution is -2.24. The number of nitrogens with zero attached hydrogens (tertiary/aromatic N) is 6. The molecule has 0 amide bonds. The highest BCUT2D eigenvalue weighted by atomic mass is 35.5. The van der Waals surface area contributed by atoms with E-state index in [1.54, 1.807) is 23.0 Å². The summed E-state index contributed by atoms with van der Waals surface area (Å²) >= 11 is 7.35. The van der Waals surface area contributed by atoms with Crippen LogP contribution in [0.1, 0.15) is 26.5 Å². The van der Waals surface area contributed by atoms with Crippen molar-refractivity contribution >= 4 is 29.0 Å². The van der Waals surface area contributed by atoms with E-state index < -0.39 is 0 Å². The molecular weight excluding hydrogens is 336 g/mol. The fourth-order valence-electron chi connectivity index (χ4n) is 2.03. The van der Waals surface area contributed by atoms with Crippen molar-refractivity contribution in [3.05, 3.63) is 45.5 Å². The van der Waals surface area contributed by atoms with Crippen molar-refractivity contribution in [1.29, 1.82) is 0 Å². The number of pyridine rings is 1. The Labute approximate surface area is 141 Å². The molecule has 3 rings (SSSR count). The molecule has 23 heavy (non-hydrogen) atoms. The van der Waals surface area contributed by atoms with Gasteiger partial charge in [-0.15, -0.1) is 5.10 Å². The van der Waals surface area contributed by atoms with Crippen LogP contribution in [0.25, 0.3) is 5.65 Å². The highest BCUT2D eigenvalue weighted by Crippen LogP contribution is 2.23. The van der Waals surface area contributed by atoms with Crippen molar-refractivity contribution in [2.75, 3.05) is 0 Å². The Balaban J connectivity index is 1.87. The van der Waals surface area contributed by atoms with Crippen LogP contribution in [0.3, 0.4) is 0 Å². The van der Waals surface area contributed by atoms with Crippen LogP contribution in [0, 0.1) is 0 Å². The van der Waals surface area contributed by atoms with Crippen molar-refractivity contribution in [2.45, 2.75) is 37.2 Å². The molecule has 0 fully saturated rings. The van der Waals surface area contributed by atoms with E-state index >= 15 is 0 Å². The predicted molar refractivity (Wildman–Crippen MR) is 88.8 cm³/mol. The predicted octanol–water partition coefficient (Wildman–Crippen LogP) is 2.38. The summed E-state index contributed by atoms with van der Waals surface area (Å²) in [4.78, 5) is 16.6. The van der Waals surface area contributed by atoms with Gasteiger partial charge in [-0.25, -0.2) is 9.67 Å². The summed E-state index contributed by atoms with van der Waals surface area (Å²) in [6, 6.07) is 4.93. The topological polar surface area (TPSA) is 78.0 Å². The summed E-state index contributed by atoms with van der Waals surface area (Å²) in [5, 5.41) is 12.9. The second-order valence-electron chi connectivity index (χ2n) is 5.99. The molecule has 0 saturated heterocycles. The zero-order valence-corrected chi connectivity index (χ0v) is 14.5. The Morgan fingerprint density at radius 1 is 1.30 bits per heavy atom. The molecule has 9 heteroatoms. The third kappa shape index (κ3) is 3.37. The number of hydrogen-bond acceptors (Lipinski definition) is 6. The van der Waals surface area contributed by atoms with E-state index in [9.17, 15) is 4.79 Å². The van der Waals surface area contributed by atoms with Crippen molar-refractivity contribution in [2.24, 2.45) is 0 Å². The molecule has 0 N–H and O–H groups in total. The molecule has 0 atom stereocenters. The molecule has 0 bridgehead atoms. The molecule has 0 aromatic carbocycles. The minimum absolute atomic E-state index is 0.163. The van der Waals surface area contributed by atoms with Gasteiger partial charge in [0, 0.05) is 18.0 Å². The Morgan fingerprint density at radius 3 is 2.83 bits per heavy atom. The minimum atomic E-state index is -0.209. The highest BCUT2D eigenvalue weighted by molar-refractivity contribution is 7.98. The van der Waals surface area contributed by atoms with E-state index in [0.29, 0.717) is 27.3 Å². The van der Waals surface area contributed by atoms with E-state index in [1.165, 1.54) is 22.2 Å². The number of fused-ring (bicyclic) bond motifs is 1. The van der Waals surface area contributed by atoms with Gasteiger partial charge in [0.05, 0.1) is 16.3 Å². The number of hydrogen-bond donors (Lipinski definition) is 0. The maximum atomic E-state index is 12.1. The van der Waals surface area contributed by atoms with Crippen LogP contribution in [0.5, 0.6) is 0 Å². The van der Waals surface area contributed by atoms with Crippen molar-refractivity contribution < 1.29 is 0 Å². The summed E-state index contributed by atoms with van der Waals surface area (Å²) in [5.74, 6) is 0.505. The summed E-state index contributed by atoms with van der Waals surface area (Å²) in [6.45, 7) is 6.08. The second-order valence-corrected chi connectivity index (χ2v) is 7.37. The number of rotatable bonds is 3. The van der Waals surface area contributed by atoms with Gasteiger partial charge in [-0.1, -0.05) is 23.4 Å². The first-order valence-electron chi connectivity index (χ1n) is 6.94. The average molecular weight is 351 g/mol. The van der Waals surface area contributed by atoms with E-state index in [4.69, 9.17) is 11.6 Å². The van der Waals surface area contributed by atoms with E-state index in [-0.39, 0.29) is 11.1 Å². The molecular formula is C14H15ClN6OS. The monoisotopic (exact) mass is 350 g/mol. The van der Waals surface area contributed by atoms with E-state index in [2.05, 4.69) is 20.5 Å². The normalized spacial score (nSPS) is 12.0. The minimum Gasteiger partial charge on any atom is -0.269 e. The maximum absolute atomic E-state index is 12.1. The second kappa shape index (κ2) is 5.93. The van der Waals surface area contributed by atoms with Gasteiger partial charge in [0.15, 0.2) is 0 Å². The zero-order chi connectivity index (χ0) is 16.6. The lowest BCUT2D eigenvalue weighted by molar-refractivity contribution is 0.321. The average Bonchev–Trinajstić information content (AvgIpc) is 2.94. The van der Waals surface area contributed by atoms with Crippen LogP contribution in [0.4, 0.5) is 0 Å². The molecule has 0 saturated carbocycles. The quantitative estimate of drug-likeness (QED) is 0.675. The SMILES string of the molecule is CC(C)(C)n1nnnc1SCc1cc(=O)n2cc(Cl)ccc2n1. The maximum Gasteiger partial charge on any atom is 0.258 e. The first-order chi connectivity index (χ1) is 10.8. The molecule has 3 aromatic heterocycles. The summed E-state index contributed by atoms with van der Waals surface area (Å²) < 4.78 is 3.18. The molecule has 0 aliphatic rings. The number of halogens is 1. The summed E-state index contributed by atoms with van der Waals surface area (Å²) in [7, 11) is 0. The Hall–Kier alpha value is -1.93.